The van der Waals surface area contributed by atoms with Gasteiger partial charge >= 0.3 is 0 Å². The maximum Gasteiger partial charge on any atom is 0.213 e. The molecule has 2 heterocycles. The van der Waals surface area contributed by atoms with Crippen LogP contribution < -0.4 is 4.74 Å². The van der Waals surface area contributed by atoms with E-state index < -0.39 is 0 Å². The lowest BCUT2D eigenvalue weighted by Gasteiger charge is -2.24. The summed E-state index contributed by atoms with van der Waals surface area (Å²) in [5.41, 5.74) is 2.76. The van der Waals surface area contributed by atoms with Gasteiger partial charge in [0.05, 0.1) is 7.11 Å². The minimum atomic E-state index is 0.652. The first-order valence-electron chi connectivity index (χ1n) is 6.28. The van der Waals surface area contributed by atoms with Crippen molar-refractivity contribution in [3.63, 3.8) is 0 Å². The van der Waals surface area contributed by atoms with Crippen molar-refractivity contribution in [2.45, 2.75) is 19.4 Å². The molecule has 3 nitrogen and oxygen atoms in total. The Labute approximate surface area is 102 Å². The first-order valence-corrected chi connectivity index (χ1v) is 6.28. The molecule has 1 aromatic rings. The van der Waals surface area contributed by atoms with Gasteiger partial charge in [0.15, 0.2) is 0 Å². The van der Waals surface area contributed by atoms with Crippen LogP contribution in [0.4, 0.5) is 0 Å². The highest BCUT2D eigenvalue weighted by atomic mass is 16.5. The van der Waals surface area contributed by atoms with E-state index in [1.54, 1.807) is 7.11 Å². The molecule has 0 spiro atoms. The highest BCUT2D eigenvalue weighted by Crippen LogP contribution is 2.42. The highest BCUT2D eigenvalue weighted by molar-refractivity contribution is 5.72. The minimum Gasteiger partial charge on any atom is -0.481 e. The summed E-state index contributed by atoms with van der Waals surface area (Å²) in [6.45, 7) is 4.60. The van der Waals surface area contributed by atoms with E-state index in [-0.39, 0.29) is 0 Å². The Morgan fingerprint density at radius 3 is 3.06 bits per heavy atom. The molecule has 2 aliphatic rings. The van der Waals surface area contributed by atoms with E-state index in [9.17, 15) is 0 Å². The molecule has 2 bridgehead atoms. The highest BCUT2D eigenvalue weighted by Gasteiger charge is 2.38. The molecule has 3 rings (SSSR count). The van der Waals surface area contributed by atoms with E-state index in [4.69, 9.17) is 4.74 Å². The number of methoxy groups -OCH3 is 1. The molecule has 1 aliphatic heterocycles. The zero-order valence-electron chi connectivity index (χ0n) is 10.4. The normalized spacial score (nSPS) is 27.3. The first kappa shape index (κ1) is 10.8. The van der Waals surface area contributed by atoms with Gasteiger partial charge in [-0.05, 0) is 36.1 Å². The lowest BCUT2D eigenvalue weighted by atomic mass is 9.96. The summed E-state index contributed by atoms with van der Waals surface area (Å²) in [5.74, 6) is 1.41. The van der Waals surface area contributed by atoms with Crippen LogP contribution in [-0.4, -0.2) is 36.1 Å². The van der Waals surface area contributed by atoms with Gasteiger partial charge < -0.3 is 4.74 Å². The van der Waals surface area contributed by atoms with Crippen molar-refractivity contribution in [1.29, 1.82) is 0 Å². The van der Waals surface area contributed by atoms with Crippen molar-refractivity contribution < 1.29 is 4.74 Å². The van der Waals surface area contributed by atoms with Crippen LogP contribution in [0.3, 0.4) is 0 Å². The van der Waals surface area contributed by atoms with Gasteiger partial charge in [-0.1, -0.05) is 13.0 Å². The van der Waals surface area contributed by atoms with Crippen LogP contribution in [0.25, 0.3) is 5.57 Å². The molecular formula is C14H18N2O. The molecule has 0 radical (unpaired) electrons. The Hall–Kier alpha value is -1.35. The first-order chi connectivity index (χ1) is 8.31. The average Bonchev–Trinajstić information content (AvgIpc) is 2.98. The van der Waals surface area contributed by atoms with Crippen LogP contribution in [-0.2, 0) is 0 Å². The average molecular weight is 230 g/mol. The Morgan fingerprint density at radius 1 is 1.53 bits per heavy atom. The van der Waals surface area contributed by atoms with Gasteiger partial charge in [-0.15, -0.1) is 0 Å². The Kier molecular flexibility index (Phi) is 2.63. The van der Waals surface area contributed by atoms with Crippen molar-refractivity contribution >= 4 is 5.57 Å². The Morgan fingerprint density at radius 2 is 2.41 bits per heavy atom. The number of nitrogens with zero attached hydrogens (tertiary/aromatic N) is 2. The summed E-state index contributed by atoms with van der Waals surface area (Å²) >= 11 is 0. The fourth-order valence-electron chi connectivity index (χ4n) is 3.07. The molecule has 1 saturated heterocycles. The van der Waals surface area contributed by atoms with Gasteiger partial charge in [0, 0.05) is 24.8 Å². The Balaban J connectivity index is 1.89. The van der Waals surface area contributed by atoms with Crippen LogP contribution >= 0.6 is 0 Å². The predicted octanol–water partition coefficient (Wildman–Crippen LogP) is 2.20. The third kappa shape index (κ3) is 1.75. The molecule has 1 aromatic heterocycles. The van der Waals surface area contributed by atoms with Crippen molar-refractivity contribution in [1.82, 2.24) is 9.88 Å². The predicted molar refractivity (Wildman–Crippen MR) is 67.9 cm³/mol. The third-order valence-corrected chi connectivity index (χ3v) is 3.95. The summed E-state index contributed by atoms with van der Waals surface area (Å²) in [7, 11) is 1.67. The van der Waals surface area contributed by atoms with E-state index in [2.05, 4.69) is 29.0 Å². The molecule has 17 heavy (non-hydrogen) atoms. The number of hydrogen-bond donors (Lipinski definition) is 0. The second kappa shape index (κ2) is 4.15. The zero-order valence-corrected chi connectivity index (χ0v) is 10.4. The van der Waals surface area contributed by atoms with Crippen molar-refractivity contribution in [3.8, 4) is 5.88 Å². The van der Waals surface area contributed by atoms with E-state index in [0.29, 0.717) is 17.8 Å². The molecule has 90 valence electrons. The van der Waals surface area contributed by atoms with Gasteiger partial charge in [-0.2, -0.15) is 0 Å². The largest absolute Gasteiger partial charge is 0.481 e. The topological polar surface area (TPSA) is 25.4 Å². The number of hydrogen-bond acceptors (Lipinski definition) is 3. The maximum atomic E-state index is 5.19. The molecule has 0 N–H and O–H groups in total. The molecule has 0 amide bonds. The van der Waals surface area contributed by atoms with Crippen LogP contribution in [0.1, 0.15) is 18.9 Å². The number of aromatic nitrogens is 1. The number of ether oxygens (including phenoxy) is 1. The molecule has 1 fully saturated rings. The smallest absolute Gasteiger partial charge is 0.213 e. The van der Waals surface area contributed by atoms with Crippen LogP contribution in [0.2, 0.25) is 0 Å². The van der Waals surface area contributed by atoms with Gasteiger partial charge in [0.2, 0.25) is 5.88 Å². The second-order valence-electron chi connectivity index (χ2n) is 4.80. The number of rotatable bonds is 3. The molecule has 0 saturated carbocycles. The van der Waals surface area contributed by atoms with Crippen LogP contribution in [0.5, 0.6) is 5.88 Å². The summed E-state index contributed by atoms with van der Waals surface area (Å²) in [4.78, 5) is 6.71. The van der Waals surface area contributed by atoms with Crippen molar-refractivity contribution in [2.75, 3.05) is 20.2 Å². The van der Waals surface area contributed by atoms with Gasteiger partial charge in [0.1, 0.15) is 0 Å². The van der Waals surface area contributed by atoms with Crippen molar-refractivity contribution in [2.24, 2.45) is 5.92 Å². The SMILES string of the molecule is CCN1CC2CC1C=C2c1ccnc(OC)c1. The molecule has 1 aliphatic carbocycles. The fourth-order valence-corrected chi connectivity index (χ4v) is 3.07. The van der Waals surface area contributed by atoms with Crippen molar-refractivity contribution in [3.05, 3.63) is 30.0 Å². The fraction of sp³-hybridized carbons (Fsp3) is 0.500. The molecular weight excluding hydrogens is 212 g/mol. The maximum absolute atomic E-state index is 5.19. The van der Waals surface area contributed by atoms with E-state index >= 15 is 0 Å². The molecule has 2 unspecified atom stereocenters. The van der Waals surface area contributed by atoms with E-state index in [1.165, 1.54) is 24.1 Å². The molecule has 3 heteroatoms. The molecule has 0 aromatic carbocycles. The number of likely N-dealkylation sites (N-methyl/N-ethyl adjacent to an activating group) is 1. The third-order valence-electron chi connectivity index (χ3n) is 3.95. The lowest BCUT2D eigenvalue weighted by molar-refractivity contribution is 0.297. The number of pyridine rings is 1. The quantitative estimate of drug-likeness (QED) is 0.796. The summed E-state index contributed by atoms with van der Waals surface area (Å²) in [6.07, 6.45) is 5.54. The van der Waals surface area contributed by atoms with Gasteiger partial charge in [0.25, 0.3) is 0 Å². The second-order valence-corrected chi connectivity index (χ2v) is 4.80. The molecule has 2 atom stereocenters. The number of fused-ring (bicyclic) bond motifs is 2. The van der Waals surface area contributed by atoms with E-state index in [1.807, 2.05) is 12.3 Å². The standard InChI is InChI=1S/C14H18N2O/c1-3-16-9-11-6-12(16)8-13(11)10-4-5-15-14(7-10)17-2/h4-5,7-8,11-12H,3,6,9H2,1-2H3. The summed E-state index contributed by atoms with van der Waals surface area (Å²) in [6, 6.07) is 4.79. The van der Waals surface area contributed by atoms with Gasteiger partial charge in [-0.3, -0.25) is 4.90 Å². The van der Waals surface area contributed by atoms with E-state index in [0.717, 1.165) is 6.54 Å². The Bertz CT molecular complexity index is 455. The zero-order chi connectivity index (χ0) is 11.8. The monoisotopic (exact) mass is 230 g/mol. The van der Waals surface area contributed by atoms with Crippen LogP contribution in [0.15, 0.2) is 24.4 Å². The van der Waals surface area contributed by atoms with Gasteiger partial charge in [-0.25, -0.2) is 4.98 Å². The summed E-state index contributed by atoms with van der Waals surface area (Å²) in [5, 5.41) is 0. The summed E-state index contributed by atoms with van der Waals surface area (Å²) < 4.78 is 5.19. The van der Waals surface area contributed by atoms with Crippen LogP contribution in [0, 0.1) is 5.92 Å². The lowest BCUT2D eigenvalue weighted by Crippen LogP contribution is -2.30. The minimum absolute atomic E-state index is 0.652. The number of likely N-dealkylation sites (tertiary alicyclic amines) is 1.